The van der Waals surface area contributed by atoms with Crippen LogP contribution in [0.25, 0.3) is 0 Å². The third kappa shape index (κ3) is 2.08. The van der Waals surface area contributed by atoms with Gasteiger partial charge in [-0.15, -0.1) is 0 Å². The lowest BCUT2D eigenvalue weighted by molar-refractivity contribution is 0.0785. The normalized spacial score (nSPS) is 20.9. The molecule has 0 aliphatic carbocycles. The monoisotopic (exact) mass is 272 g/mol. The van der Waals surface area contributed by atoms with Gasteiger partial charge in [0.2, 0.25) is 0 Å². The smallest absolute Gasteiger partial charge is 0.258 e. The Bertz CT molecular complexity index is 364. The van der Waals surface area contributed by atoms with Gasteiger partial charge in [-0.25, -0.2) is 0 Å². The Balaban J connectivity index is 2.07. The zero-order chi connectivity index (χ0) is 10.8. The summed E-state index contributed by atoms with van der Waals surface area (Å²) in [5.41, 5.74) is 6.17. The minimum atomic E-state index is 0.0200. The fourth-order valence-electron chi connectivity index (χ4n) is 1.83. The van der Waals surface area contributed by atoms with Crippen molar-refractivity contribution in [3.05, 3.63) is 22.6 Å². The molecular weight excluding hydrogens is 260 g/mol. The largest absolute Gasteiger partial charge is 0.457 e. The number of halogens is 1. The Labute approximate surface area is 96.5 Å². The van der Waals surface area contributed by atoms with Crippen LogP contribution in [-0.2, 0) is 0 Å². The summed E-state index contributed by atoms with van der Waals surface area (Å²) < 4.78 is 5.55. The van der Waals surface area contributed by atoms with E-state index < -0.39 is 0 Å². The average Bonchev–Trinajstić information content (AvgIpc) is 2.84. The van der Waals surface area contributed by atoms with Crippen LogP contribution >= 0.6 is 15.9 Å². The third-order valence-corrected chi connectivity index (χ3v) is 3.37. The maximum Gasteiger partial charge on any atom is 0.258 e. The quantitative estimate of drug-likeness (QED) is 0.887. The SMILES string of the molecule is NCC1CCN(C(=O)c2ccoc2Br)C1. The summed E-state index contributed by atoms with van der Waals surface area (Å²) in [5, 5.41) is 0. The molecule has 1 aliphatic heterocycles. The number of carbonyl (C=O) groups excluding carboxylic acids is 1. The van der Waals surface area contributed by atoms with Gasteiger partial charge in [0.15, 0.2) is 4.67 Å². The minimum Gasteiger partial charge on any atom is -0.457 e. The van der Waals surface area contributed by atoms with E-state index >= 15 is 0 Å². The van der Waals surface area contributed by atoms with Gasteiger partial charge in [-0.1, -0.05) is 0 Å². The lowest BCUT2D eigenvalue weighted by Crippen LogP contribution is -2.29. The van der Waals surface area contributed by atoms with Gasteiger partial charge < -0.3 is 15.1 Å². The third-order valence-electron chi connectivity index (χ3n) is 2.75. The molecule has 1 aromatic heterocycles. The van der Waals surface area contributed by atoms with Crippen molar-refractivity contribution in [1.29, 1.82) is 0 Å². The van der Waals surface area contributed by atoms with Gasteiger partial charge in [0, 0.05) is 13.1 Å². The number of nitrogens with zero attached hydrogens (tertiary/aromatic N) is 1. The fraction of sp³-hybridized carbons (Fsp3) is 0.500. The number of nitrogens with two attached hydrogens (primary N) is 1. The van der Waals surface area contributed by atoms with Crippen molar-refractivity contribution in [3.63, 3.8) is 0 Å². The second-order valence-electron chi connectivity index (χ2n) is 3.75. The van der Waals surface area contributed by atoms with Gasteiger partial charge in [-0.05, 0) is 40.9 Å². The predicted molar refractivity (Wildman–Crippen MR) is 59.5 cm³/mol. The number of rotatable bonds is 2. The first-order chi connectivity index (χ1) is 7.22. The highest BCUT2D eigenvalue weighted by atomic mass is 79.9. The van der Waals surface area contributed by atoms with E-state index in [0.717, 1.165) is 19.5 Å². The highest BCUT2D eigenvalue weighted by Gasteiger charge is 2.27. The maximum atomic E-state index is 12.0. The number of carbonyl (C=O) groups is 1. The Morgan fingerprint density at radius 1 is 1.73 bits per heavy atom. The first-order valence-electron chi connectivity index (χ1n) is 4.94. The van der Waals surface area contributed by atoms with Crippen LogP contribution in [0.2, 0.25) is 0 Å². The molecule has 1 amide bonds. The van der Waals surface area contributed by atoms with Crippen molar-refractivity contribution in [1.82, 2.24) is 4.90 Å². The second-order valence-corrected chi connectivity index (χ2v) is 4.47. The van der Waals surface area contributed by atoms with Crippen LogP contribution in [0.15, 0.2) is 21.4 Å². The average molecular weight is 273 g/mol. The molecule has 0 bridgehead atoms. The number of furan rings is 1. The van der Waals surface area contributed by atoms with Gasteiger partial charge in [0.05, 0.1) is 11.8 Å². The Morgan fingerprint density at radius 3 is 3.07 bits per heavy atom. The van der Waals surface area contributed by atoms with Gasteiger partial charge in [-0.2, -0.15) is 0 Å². The maximum absolute atomic E-state index is 12.0. The molecule has 0 saturated carbocycles. The van der Waals surface area contributed by atoms with Crippen LogP contribution < -0.4 is 5.73 Å². The van der Waals surface area contributed by atoms with Crippen LogP contribution in [0.1, 0.15) is 16.8 Å². The summed E-state index contributed by atoms with van der Waals surface area (Å²) in [5.74, 6) is 0.464. The van der Waals surface area contributed by atoms with E-state index in [2.05, 4.69) is 15.9 Å². The van der Waals surface area contributed by atoms with E-state index in [1.807, 2.05) is 4.90 Å². The molecule has 1 saturated heterocycles. The molecule has 1 fully saturated rings. The van der Waals surface area contributed by atoms with E-state index in [0.29, 0.717) is 22.7 Å². The van der Waals surface area contributed by atoms with E-state index in [-0.39, 0.29) is 5.91 Å². The van der Waals surface area contributed by atoms with Gasteiger partial charge in [0.25, 0.3) is 5.91 Å². The molecule has 2 rings (SSSR count). The van der Waals surface area contributed by atoms with Crippen LogP contribution in [0.3, 0.4) is 0 Å². The van der Waals surface area contributed by atoms with E-state index in [4.69, 9.17) is 10.2 Å². The summed E-state index contributed by atoms with van der Waals surface area (Å²) >= 11 is 3.21. The van der Waals surface area contributed by atoms with Crippen molar-refractivity contribution >= 4 is 21.8 Å². The lowest BCUT2D eigenvalue weighted by atomic mass is 10.1. The second kappa shape index (κ2) is 4.37. The van der Waals surface area contributed by atoms with Crippen molar-refractivity contribution in [3.8, 4) is 0 Å². The number of hydrogen-bond donors (Lipinski definition) is 1. The molecule has 15 heavy (non-hydrogen) atoms. The standard InChI is InChI=1S/C10H13BrN2O2/c11-9-8(2-4-15-9)10(14)13-3-1-7(5-12)6-13/h2,4,7H,1,3,5-6,12H2. The molecule has 5 heteroatoms. The van der Waals surface area contributed by atoms with E-state index in [1.54, 1.807) is 6.07 Å². The Kier molecular flexibility index (Phi) is 3.11. The molecule has 1 atom stereocenters. The summed E-state index contributed by atoms with van der Waals surface area (Å²) in [6.07, 6.45) is 2.51. The molecule has 0 spiro atoms. The zero-order valence-electron chi connectivity index (χ0n) is 8.28. The first-order valence-corrected chi connectivity index (χ1v) is 5.74. The molecule has 1 aromatic rings. The van der Waals surface area contributed by atoms with Crippen LogP contribution in [-0.4, -0.2) is 30.4 Å². The molecule has 2 heterocycles. The van der Waals surface area contributed by atoms with Gasteiger partial charge in [-0.3, -0.25) is 4.79 Å². The zero-order valence-corrected chi connectivity index (χ0v) is 9.87. The lowest BCUT2D eigenvalue weighted by Gasteiger charge is -2.15. The molecule has 1 unspecified atom stereocenters. The fourth-order valence-corrected chi connectivity index (χ4v) is 2.24. The molecule has 0 aromatic carbocycles. The molecule has 2 N–H and O–H groups in total. The molecule has 1 aliphatic rings. The summed E-state index contributed by atoms with van der Waals surface area (Å²) in [6, 6.07) is 1.68. The van der Waals surface area contributed by atoms with E-state index in [9.17, 15) is 4.79 Å². The minimum absolute atomic E-state index is 0.0200. The summed E-state index contributed by atoms with van der Waals surface area (Å²) in [7, 11) is 0. The van der Waals surface area contributed by atoms with Crippen LogP contribution in [0.5, 0.6) is 0 Å². The first kappa shape index (κ1) is 10.7. The van der Waals surface area contributed by atoms with Crippen molar-refractivity contribution in [2.75, 3.05) is 19.6 Å². The van der Waals surface area contributed by atoms with Crippen LogP contribution in [0, 0.1) is 5.92 Å². The van der Waals surface area contributed by atoms with Crippen LogP contribution in [0.4, 0.5) is 0 Å². The van der Waals surface area contributed by atoms with Gasteiger partial charge >= 0.3 is 0 Å². The number of likely N-dealkylation sites (tertiary alicyclic amines) is 1. The number of hydrogen-bond acceptors (Lipinski definition) is 3. The Hall–Kier alpha value is -0.810. The summed E-state index contributed by atoms with van der Waals surface area (Å²) in [6.45, 7) is 2.20. The molecular formula is C10H13BrN2O2. The highest BCUT2D eigenvalue weighted by Crippen LogP contribution is 2.23. The van der Waals surface area contributed by atoms with Crippen molar-refractivity contribution in [2.45, 2.75) is 6.42 Å². The van der Waals surface area contributed by atoms with E-state index in [1.165, 1.54) is 6.26 Å². The van der Waals surface area contributed by atoms with Crippen molar-refractivity contribution < 1.29 is 9.21 Å². The number of amides is 1. The molecule has 0 radical (unpaired) electrons. The Morgan fingerprint density at radius 2 is 2.53 bits per heavy atom. The molecule has 4 nitrogen and oxygen atoms in total. The summed E-state index contributed by atoms with van der Waals surface area (Å²) in [4.78, 5) is 13.8. The highest BCUT2D eigenvalue weighted by molar-refractivity contribution is 9.10. The molecule has 82 valence electrons. The van der Waals surface area contributed by atoms with Crippen molar-refractivity contribution in [2.24, 2.45) is 11.7 Å². The predicted octanol–water partition coefficient (Wildman–Crippen LogP) is 1.46. The topological polar surface area (TPSA) is 59.5 Å². The van der Waals surface area contributed by atoms with Gasteiger partial charge in [0.1, 0.15) is 0 Å².